The zero-order chi connectivity index (χ0) is 17.4. The van der Waals surface area contributed by atoms with Crippen LogP contribution in [0.15, 0.2) is 28.6 Å². The highest BCUT2D eigenvalue weighted by Crippen LogP contribution is 2.22. The van der Waals surface area contributed by atoms with Crippen molar-refractivity contribution in [3.8, 4) is 0 Å². The zero-order valence-corrected chi connectivity index (χ0v) is 14.6. The van der Waals surface area contributed by atoms with Gasteiger partial charge in [-0.15, -0.1) is 0 Å². The van der Waals surface area contributed by atoms with Crippen LogP contribution in [-0.4, -0.2) is 41.4 Å². The van der Waals surface area contributed by atoms with Crippen molar-refractivity contribution in [2.75, 3.05) is 30.5 Å². The molecule has 0 unspecified atom stereocenters. The van der Waals surface area contributed by atoms with E-state index in [9.17, 15) is 13.8 Å². The van der Waals surface area contributed by atoms with Gasteiger partial charge in [0.2, 0.25) is 5.91 Å². The van der Waals surface area contributed by atoms with Crippen LogP contribution < -0.4 is 10.6 Å². The predicted molar refractivity (Wildman–Crippen MR) is 93.9 cm³/mol. The Bertz CT molecular complexity index is 682. The number of alkyl carbamates (subject to hydrolysis) is 1. The molecule has 0 radical (unpaired) electrons. The summed E-state index contributed by atoms with van der Waals surface area (Å²) in [5, 5.41) is 5.29. The van der Waals surface area contributed by atoms with Gasteiger partial charge in [0, 0.05) is 30.2 Å². The monoisotopic (exact) mass is 353 g/mol. The molecule has 1 fully saturated rings. The number of nitrogens with zero attached hydrogens (tertiary/aromatic N) is 1. The quantitative estimate of drug-likeness (QED) is 0.768. The fourth-order valence-corrected chi connectivity index (χ4v) is 4.58. The Morgan fingerprint density at radius 2 is 1.88 bits per heavy atom. The van der Waals surface area contributed by atoms with Gasteiger partial charge in [-0.3, -0.25) is 4.79 Å². The summed E-state index contributed by atoms with van der Waals surface area (Å²) in [6.07, 6.45) is 2.26. The number of nitrogens with one attached hydrogen (secondary N) is 2. The number of ether oxygens (including phenoxy) is 1. The van der Waals surface area contributed by atoms with Crippen LogP contribution in [0.3, 0.4) is 0 Å². The number of rotatable bonds is 6. The van der Waals surface area contributed by atoms with E-state index in [1.807, 2.05) is 0 Å². The first kappa shape index (κ1) is 18.3. The van der Waals surface area contributed by atoms with Gasteiger partial charge in [0.05, 0.1) is 22.5 Å². The van der Waals surface area contributed by atoms with Crippen molar-refractivity contribution in [3.05, 3.63) is 24.3 Å². The summed E-state index contributed by atoms with van der Waals surface area (Å²) in [7, 11) is -0.781. The van der Waals surface area contributed by atoms with Gasteiger partial charge in [-0.1, -0.05) is 0 Å². The molecule has 0 atom stereocenters. The van der Waals surface area contributed by atoms with Crippen LogP contribution in [0.5, 0.6) is 0 Å². The van der Waals surface area contributed by atoms with Gasteiger partial charge in [-0.05, 0) is 43.5 Å². The molecule has 0 aliphatic carbocycles. The average Bonchev–Trinajstić information content (AvgIpc) is 2.99. The Hall–Kier alpha value is -2.09. The number of benzene rings is 1. The highest BCUT2D eigenvalue weighted by atomic mass is 32.2. The van der Waals surface area contributed by atoms with Gasteiger partial charge in [0.15, 0.2) is 0 Å². The minimum absolute atomic E-state index is 0.131. The minimum atomic E-state index is -2.07. The topological polar surface area (TPSA) is 96.9 Å². The number of hydrogen-bond acceptors (Lipinski definition) is 5. The smallest absolute Gasteiger partial charge is 0.406 e. The Morgan fingerprint density at radius 3 is 2.50 bits per heavy atom. The largest absolute Gasteiger partial charge is 0.453 e. The van der Waals surface area contributed by atoms with Gasteiger partial charge >= 0.3 is 6.09 Å². The lowest BCUT2D eigenvalue weighted by Gasteiger charge is -2.06. The number of carbonyl (C=O) groups is 2. The molecule has 0 aromatic heterocycles. The second-order valence-electron chi connectivity index (χ2n) is 5.60. The number of carbonyl (C=O) groups excluding carboxylic acids is 2. The molecule has 1 heterocycles. The number of hydrogen-bond donors (Lipinski definition) is 2. The van der Waals surface area contributed by atoms with Crippen molar-refractivity contribution < 1.29 is 18.5 Å². The summed E-state index contributed by atoms with van der Waals surface area (Å²) in [6, 6.07) is 7.03. The summed E-state index contributed by atoms with van der Waals surface area (Å²) in [5.41, 5.74) is 1.35. The molecule has 1 aromatic carbocycles. The summed E-state index contributed by atoms with van der Waals surface area (Å²) in [6.45, 7) is 0.381. The van der Waals surface area contributed by atoms with Gasteiger partial charge < -0.3 is 15.4 Å². The van der Waals surface area contributed by atoms with Crippen molar-refractivity contribution in [2.24, 2.45) is 4.36 Å². The molecule has 1 saturated heterocycles. The van der Waals surface area contributed by atoms with Crippen LogP contribution in [0.2, 0.25) is 0 Å². The molecule has 0 bridgehead atoms. The predicted octanol–water partition coefficient (Wildman–Crippen LogP) is 2.65. The molecular formula is C16H23N3O4S. The van der Waals surface area contributed by atoms with Crippen molar-refractivity contribution in [3.63, 3.8) is 0 Å². The van der Waals surface area contributed by atoms with Crippen molar-refractivity contribution in [1.29, 1.82) is 0 Å². The molecule has 0 saturated carbocycles. The Balaban J connectivity index is 1.80. The van der Waals surface area contributed by atoms with Crippen LogP contribution in [-0.2, 0) is 19.3 Å². The summed E-state index contributed by atoms with van der Waals surface area (Å²) >= 11 is 0. The number of anilines is 1. The van der Waals surface area contributed by atoms with E-state index in [0.717, 1.165) is 12.8 Å². The molecule has 1 aliphatic rings. The third kappa shape index (κ3) is 5.84. The van der Waals surface area contributed by atoms with Crippen LogP contribution in [0.1, 0.15) is 25.7 Å². The molecule has 132 valence electrons. The maximum Gasteiger partial charge on any atom is 0.406 e. The Kier molecular flexibility index (Phi) is 6.60. The van der Waals surface area contributed by atoms with E-state index >= 15 is 0 Å². The molecule has 0 spiro atoms. The number of methoxy groups -OCH3 is 1. The molecule has 2 amide bonds. The highest BCUT2D eigenvalue weighted by molar-refractivity contribution is 7.93. The lowest BCUT2D eigenvalue weighted by Crippen LogP contribution is -2.25. The van der Waals surface area contributed by atoms with Gasteiger partial charge in [0.1, 0.15) is 0 Å². The molecular weight excluding hydrogens is 330 g/mol. The third-order valence-electron chi connectivity index (χ3n) is 3.63. The van der Waals surface area contributed by atoms with E-state index in [2.05, 4.69) is 19.7 Å². The van der Waals surface area contributed by atoms with Crippen molar-refractivity contribution >= 4 is 33.1 Å². The maximum atomic E-state index is 12.4. The molecule has 2 N–H and O–H groups in total. The Labute approximate surface area is 142 Å². The fraction of sp³-hybridized carbons (Fsp3) is 0.500. The average molecular weight is 353 g/mol. The first-order valence-electron chi connectivity index (χ1n) is 7.95. The second-order valence-corrected chi connectivity index (χ2v) is 8.14. The SMILES string of the molecule is COC(=O)NCCCC(=O)Nc1ccc(N=S2(=O)CCCC2)cc1. The van der Waals surface area contributed by atoms with Crippen LogP contribution in [0.25, 0.3) is 0 Å². The van der Waals surface area contributed by atoms with Gasteiger partial charge in [-0.2, -0.15) is 4.36 Å². The minimum Gasteiger partial charge on any atom is -0.453 e. The lowest BCUT2D eigenvalue weighted by atomic mass is 10.2. The van der Waals surface area contributed by atoms with Crippen LogP contribution >= 0.6 is 0 Å². The van der Waals surface area contributed by atoms with Crippen LogP contribution in [0, 0.1) is 0 Å². The zero-order valence-electron chi connectivity index (χ0n) is 13.7. The molecule has 1 aromatic rings. The fourth-order valence-electron chi connectivity index (χ4n) is 2.38. The van der Waals surface area contributed by atoms with Gasteiger partial charge in [0.25, 0.3) is 0 Å². The summed E-state index contributed by atoms with van der Waals surface area (Å²) in [4.78, 5) is 22.7. The van der Waals surface area contributed by atoms with E-state index in [-0.39, 0.29) is 5.91 Å². The standard InChI is InChI=1S/C16H23N3O4S/c1-23-16(21)17-10-4-5-15(20)18-13-6-8-14(9-7-13)19-24(22)11-2-3-12-24/h6-9H,2-5,10-12H2,1H3,(H,17,21)(H,18,20). The van der Waals surface area contributed by atoms with Crippen LogP contribution in [0.4, 0.5) is 16.2 Å². The van der Waals surface area contributed by atoms with E-state index in [4.69, 9.17) is 0 Å². The molecule has 2 rings (SSSR count). The number of amides is 2. The maximum absolute atomic E-state index is 12.4. The van der Waals surface area contributed by atoms with Gasteiger partial charge in [-0.25, -0.2) is 9.00 Å². The lowest BCUT2D eigenvalue weighted by molar-refractivity contribution is -0.116. The Morgan fingerprint density at radius 1 is 1.21 bits per heavy atom. The summed E-state index contributed by atoms with van der Waals surface area (Å²) < 4.78 is 21.2. The molecule has 7 nitrogen and oxygen atoms in total. The molecule has 24 heavy (non-hydrogen) atoms. The second kappa shape index (κ2) is 8.68. The van der Waals surface area contributed by atoms with E-state index in [0.29, 0.717) is 42.3 Å². The molecule has 8 heteroatoms. The highest BCUT2D eigenvalue weighted by Gasteiger charge is 2.16. The van der Waals surface area contributed by atoms with E-state index in [1.165, 1.54) is 7.11 Å². The van der Waals surface area contributed by atoms with E-state index in [1.54, 1.807) is 24.3 Å². The first-order chi connectivity index (χ1) is 11.5. The first-order valence-corrected chi connectivity index (χ1v) is 9.80. The molecule has 1 aliphatic heterocycles. The van der Waals surface area contributed by atoms with E-state index < -0.39 is 15.8 Å². The van der Waals surface area contributed by atoms with Crippen molar-refractivity contribution in [2.45, 2.75) is 25.7 Å². The summed E-state index contributed by atoms with van der Waals surface area (Å²) in [5.74, 6) is 1.21. The normalized spacial score (nSPS) is 15.5. The third-order valence-corrected chi connectivity index (χ3v) is 6.03. The van der Waals surface area contributed by atoms with Crippen molar-refractivity contribution in [1.82, 2.24) is 5.32 Å².